The van der Waals surface area contributed by atoms with Gasteiger partial charge in [-0.15, -0.1) is 0 Å². The molecule has 0 aromatic rings. The monoisotopic (exact) mass is 462 g/mol. The van der Waals surface area contributed by atoms with E-state index >= 15 is 0 Å². The van der Waals surface area contributed by atoms with Gasteiger partial charge in [0, 0.05) is 0 Å². The first-order valence-corrected chi connectivity index (χ1v) is 13.4. The Kier molecular flexibility index (Phi) is 6.95. The minimum Gasteiger partial charge on any atom is -0.471 e. The number of fused-ring (bicyclic) bond motifs is 7. The molecule has 10 atom stereocenters. The van der Waals surface area contributed by atoms with Crippen molar-refractivity contribution in [1.82, 2.24) is 0 Å². The molecule has 0 radical (unpaired) electrons. The van der Waals surface area contributed by atoms with E-state index in [0.29, 0.717) is 35.1 Å². The second kappa shape index (κ2) is 9.17. The van der Waals surface area contributed by atoms with E-state index in [4.69, 9.17) is 9.53 Å². The summed E-state index contributed by atoms with van der Waals surface area (Å²) in [6.45, 7) is 7.90. The summed E-state index contributed by atoms with van der Waals surface area (Å²) >= 11 is 0. The van der Waals surface area contributed by atoms with Gasteiger partial charge in [0.2, 0.25) is 0 Å². The van der Waals surface area contributed by atoms with Gasteiger partial charge in [-0.25, -0.2) is 0 Å². The summed E-state index contributed by atoms with van der Waals surface area (Å²) in [6, 6.07) is 0. The highest BCUT2D eigenvalue weighted by molar-refractivity contribution is 5.77. The van der Waals surface area contributed by atoms with Crippen molar-refractivity contribution in [3.8, 4) is 0 Å². The van der Waals surface area contributed by atoms with E-state index in [1.165, 1.54) is 58.5 Å². The Morgan fingerprint density at radius 1 is 0.879 bits per heavy atom. The summed E-state index contributed by atoms with van der Waals surface area (Å²) in [5.41, 5.74) is 0.647. The average Bonchev–Trinajstić information content (AvgIpc) is 3.27. The first-order chi connectivity index (χ1) is 15.7. The van der Waals surface area contributed by atoms with Gasteiger partial charge in [-0.3, -0.25) is 9.59 Å². The largest absolute Gasteiger partial charge is 0.471 e. The molecule has 5 nitrogen and oxygen atoms in total. The molecule has 188 valence electrons. The van der Waals surface area contributed by atoms with Crippen LogP contribution < -0.4 is 0 Å². The Labute approximate surface area is 200 Å². The number of aliphatic hydroxyl groups is 1. The maximum absolute atomic E-state index is 12.9. The summed E-state index contributed by atoms with van der Waals surface area (Å²) in [7, 11) is 2.91. The van der Waals surface area contributed by atoms with E-state index in [0.717, 1.165) is 37.0 Å². The summed E-state index contributed by atoms with van der Waals surface area (Å²) < 4.78 is 9.21. The fraction of sp³-hybridized carbons (Fsp3) is 0.929. The van der Waals surface area contributed by atoms with E-state index < -0.39 is 0 Å². The fourth-order valence-corrected chi connectivity index (χ4v) is 10.4. The lowest BCUT2D eigenvalue weighted by molar-refractivity contribution is -0.200. The van der Waals surface area contributed by atoms with Gasteiger partial charge in [0.15, 0.2) is 0 Å². The molecule has 0 aliphatic heterocycles. The van der Waals surface area contributed by atoms with Crippen LogP contribution in [0.5, 0.6) is 0 Å². The van der Waals surface area contributed by atoms with E-state index in [2.05, 4.69) is 25.5 Å². The van der Waals surface area contributed by atoms with Crippen LogP contribution in [0, 0.1) is 51.8 Å². The van der Waals surface area contributed by atoms with Gasteiger partial charge in [0.25, 0.3) is 6.47 Å². The molecule has 5 aliphatic rings. The average molecular weight is 463 g/mol. The molecule has 0 saturated heterocycles. The Balaban J connectivity index is 0.000000601. The minimum absolute atomic E-state index is 0.0940. The number of aliphatic hydroxyl groups excluding tert-OH is 1. The van der Waals surface area contributed by atoms with Crippen LogP contribution in [0.4, 0.5) is 0 Å². The van der Waals surface area contributed by atoms with Gasteiger partial charge in [-0.05, 0) is 111 Å². The van der Waals surface area contributed by atoms with E-state index in [-0.39, 0.29) is 17.5 Å². The lowest BCUT2D eigenvalue weighted by Gasteiger charge is -2.67. The van der Waals surface area contributed by atoms with Gasteiger partial charge in [0.05, 0.1) is 25.7 Å². The van der Waals surface area contributed by atoms with E-state index in [1.807, 2.05) is 0 Å². The maximum atomic E-state index is 12.9. The van der Waals surface area contributed by atoms with Crippen molar-refractivity contribution in [1.29, 1.82) is 0 Å². The molecule has 0 amide bonds. The predicted molar refractivity (Wildman–Crippen MR) is 127 cm³/mol. The molecule has 10 unspecified atom stereocenters. The second-order valence-electron chi connectivity index (χ2n) is 12.5. The van der Waals surface area contributed by atoms with Crippen LogP contribution >= 0.6 is 0 Å². The molecule has 1 N–H and O–H groups in total. The number of hydrogen-bond donors (Lipinski definition) is 1. The standard InChI is InChI=1S/C26H42O3.C2H4O2/c1-16-18-9-13-25(3)19-10-15-26(23(28)29-4)12-5-6-20(26)17(19)7-8-22(25)24(18,2)14-11-21(16)27;1-4-2-3/h16-22,27H,5-15H2,1-4H3;2H,1H3. The molecule has 5 rings (SSSR count). The number of esters is 1. The highest BCUT2D eigenvalue weighted by atomic mass is 16.5. The van der Waals surface area contributed by atoms with Crippen LogP contribution in [0.15, 0.2) is 0 Å². The molecule has 0 aromatic carbocycles. The number of rotatable bonds is 2. The van der Waals surface area contributed by atoms with Crippen LogP contribution in [-0.4, -0.2) is 37.9 Å². The Hall–Kier alpha value is -1.10. The van der Waals surface area contributed by atoms with Crippen LogP contribution in [0.1, 0.15) is 91.4 Å². The SMILES string of the molecule is COC(=O)C12CCCC1C1CCC3C4(C)CCC(O)C(C)C4CCC3(C)C1CC2.COC=O. The topological polar surface area (TPSA) is 72.8 Å². The summed E-state index contributed by atoms with van der Waals surface area (Å²) in [4.78, 5) is 21.8. The van der Waals surface area contributed by atoms with Crippen molar-refractivity contribution < 1.29 is 24.2 Å². The number of carbonyl (C=O) groups is 2. The third-order valence-corrected chi connectivity index (χ3v) is 11.8. The Bertz CT molecular complexity index is 738. The Morgan fingerprint density at radius 2 is 1.52 bits per heavy atom. The van der Waals surface area contributed by atoms with E-state index in [1.54, 1.807) is 7.11 Å². The highest BCUT2D eigenvalue weighted by Crippen LogP contribution is 2.71. The molecular formula is C28H46O5. The zero-order valence-corrected chi connectivity index (χ0v) is 21.5. The molecule has 5 aliphatic carbocycles. The van der Waals surface area contributed by atoms with Crippen molar-refractivity contribution in [2.75, 3.05) is 14.2 Å². The van der Waals surface area contributed by atoms with Gasteiger partial charge >= 0.3 is 5.97 Å². The van der Waals surface area contributed by atoms with Crippen LogP contribution in [-0.2, 0) is 19.1 Å². The van der Waals surface area contributed by atoms with Crippen molar-refractivity contribution in [3.63, 3.8) is 0 Å². The first-order valence-electron chi connectivity index (χ1n) is 13.4. The molecule has 0 spiro atoms. The lowest BCUT2D eigenvalue weighted by atomic mass is 9.37. The zero-order chi connectivity index (χ0) is 24.0. The van der Waals surface area contributed by atoms with E-state index in [9.17, 15) is 9.90 Å². The van der Waals surface area contributed by atoms with Gasteiger partial charge < -0.3 is 14.6 Å². The van der Waals surface area contributed by atoms with Crippen LogP contribution in [0.25, 0.3) is 0 Å². The number of hydrogen-bond acceptors (Lipinski definition) is 5. The first kappa shape index (κ1) is 25.0. The summed E-state index contributed by atoms with van der Waals surface area (Å²) in [6.07, 6.45) is 13.1. The minimum atomic E-state index is -0.163. The second-order valence-corrected chi connectivity index (χ2v) is 12.5. The molecule has 5 fully saturated rings. The quantitative estimate of drug-likeness (QED) is 0.440. The lowest BCUT2D eigenvalue weighted by Crippen LogP contribution is -2.61. The summed E-state index contributed by atoms with van der Waals surface area (Å²) in [5, 5.41) is 10.5. The smallest absolute Gasteiger partial charge is 0.312 e. The predicted octanol–water partition coefficient (Wildman–Crippen LogP) is 5.38. The van der Waals surface area contributed by atoms with Crippen LogP contribution in [0.2, 0.25) is 0 Å². The maximum Gasteiger partial charge on any atom is 0.312 e. The third-order valence-electron chi connectivity index (χ3n) is 11.8. The molecule has 0 bridgehead atoms. The highest BCUT2D eigenvalue weighted by Gasteiger charge is 2.66. The Morgan fingerprint density at radius 3 is 2.18 bits per heavy atom. The normalized spacial score (nSPS) is 50.3. The molecule has 33 heavy (non-hydrogen) atoms. The molecule has 5 saturated carbocycles. The summed E-state index contributed by atoms with van der Waals surface area (Å²) in [5.74, 6) is 4.08. The zero-order valence-electron chi connectivity index (χ0n) is 21.5. The van der Waals surface area contributed by atoms with Crippen molar-refractivity contribution in [2.45, 2.75) is 97.5 Å². The molecular weight excluding hydrogens is 416 g/mol. The molecule has 5 heteroatoms. The number of methoxy groups -OCH3 is 2. The van der Waals surface area contributed by atoms with Gasteiger partial charge in [-0.2, -0.15) is 0 Å². The fourth-order valence-electron chi connectivity index (χ4n) is 10.4. The number of ether oxygens (including phenoxy) is 2. The molecule has 0 heterocycles. The third kappa shape index (κ3) is 3.67. The van der Waals surface area contributed by atoms with Gasteiger partial charge in [0.1, 0.15) is 0 Å². The van der Waals surface area contributed by atoms with Crippen molar-refractivity contribution >= 4 is 12.4 Å². The molecule has 0 aromatic heterocycles. The number of carbonyl (C=O) groups excluding carboxylic acids is 2. The van der Waals surface area contributed by atoms with Crippen molar-refractivity contribution in [2.24, 2.45) is 51.8 Å². The van der Waals surface area contributed by atoms with Gasteiger partial charge in [-0.1, -0.05) is 27.2 Å². The van der Waals surface area contributed by atoms with Crippen LogP contribution in [0.3, 0.4) is 0 Å². The van der Waals surface area contributed by atoms with Crippen molar-refractivity contribution in [3.05, 3.63) is 0 Å².